The van der Waals surface area contributed by atoms with E-state index in [-0.39, 0.29) is 6.10 Å². The lowest BCUT2D eigenvalue weighted by atomic mass is 10.1. The third kappa shape index (κ3) is 4.97. The number of rotatable bonds is 7. The molecule has 0 saturated heterocycles. The van der Waals surface area contributed by atoms with Crippen molar-refractivity contribution in [2.45, 2.75) is 45.3 Å². The monoisotopic (exact) mass is 307 g/mol. The molecule has 2 N–H and O–H groups in total. The topological polar surface area (TPSA) is 52.9 Å². The van der Waals surface area contributed by atoms with E-state index in [0.29, 0.717) is 19.1 Å². The van der Waals surface area contributed by atoms with Crippen LogP contribution in [-0.2, 0) is 0 Å². The average molecular weight is 307 g/mol. The minimum atomic E-state index is -0.525. The second-order valence-corrected chi connectivity index (χ2v) is 6.71. The first-order chi connectivity index (χ1) is 10.5. The fourth-order valence-electron chi connectivity index (χ4n) is 3.17. The maximum Gasteiger partial charge on any atom is 0.122 e. The molecule has 1 saturated carbocycles. The summed E-state index contributed by atoms with van der Waals surface area (Å²) in [6.07, 6.45) is 2.41. The highest BCUT2D eigenvalue weighted by Gasteiger charge is 2.26. The van der Waals surface area contributed by atoms with Crippen LogP contribution in [0.15, 0.2) is 18.2 Å². The summed E-state index contributed by atoms with van der Waals surface area (Å²) >= 11 is 0. The van der Waals surface area contributed by atoms with Gasteiger partial charge in [-0.05, 0) is 56.8 Å². The van der Waals surface area contributed by atoms with Crippen LogP contribution in [0.5, 0.6) is 5.75 Å². The van der Waals surface area contributed by atoms with Gasteiger partial charge in [0.05, 0.1) is 6.10 Å². The summed E-state index contributed by atoms with van der Waals surface area (Å²) in [6.45, 7) is 5.73. The Labute approximate surface area is 133 Å². The Balaban J connectivity index is 1.75. The standard InChI is InChI=1S/C18H29NO3/c1-13-7-8-14(2)18(9-13)22-12-16(20)11-19(3)10-15-5-4-6-17(15)21/h7-9,15-17,20-21H,4-6,10-12H2,1-3H3. The zero-order chi connectivity index (χ0) is 16.1. The van der Waals surface area contributed by atoms with Crippen molar-refractivity contribution in [1.82, 2.24) is 4.90 Å². The van der Waals surface area contributed by atoms with Crippen LogP contribution in [0.25, 0.3) is 0 Å². The van der Waals surface area contributed by atoms with Gasteiger partial charge in [-0.25, -0.2) is 0 Å². The van der Waals surface area contributed by atoms with E-state index in [1.54, 1.807) is 0 Å². The number of aliphatic hydroxyl groups excluding tert-OH is 2. The fourth-order valence-corrected chi connectivity index (χ4v) is 3.17. The zero-order valence-electron chi connectivity index (χ0n) is 14.0. The first-order valence-corrected chi connectivity index (χ1v) is 8.20. The van der Waals surface area contributed by atoms with Crippen LogP contribution in [-0.4, -0.2) is 54.1 Å². The highest BCUT2D eigenvalue weighted by Crippen LogP contribution is 2.26. The quantitative estimate of drug-likeness (QED) is 0.810. The number of aryl methyl sites for hydroxylation is 2. The average Bonchev–Trinajstić information content (AvgIpc) is 2.85. The molecule has 22 heavy (non-hydrogen) atoms. The van der Waals surface area contributed by atoms with Crippen LogP contribution >= 0.6 is 0 Å². The van der Waals surface area contributed by atoms with Crippen LogP contribution in [0.1, 0.15) is 30.4 Å². The summed E-state index contributed by atoms with van der Waals surface area (Å²) in [4.78, 5) is 2.09. The molecule has 0 aliphatic heterocycles. The highest BCUT2D eigenvalue weighted by molar-refractivity contribution is 5.35. The van der Waals surface area contributed by atoms with Gasteiger partial charge in [-0.15, -0.1) is 0 Å². The Bertz CT molecular complexity index is 477. The molecule has 1 aliphatic carbocycles. The zero-order valence-corrected chi connectivity index (χ0v) is 14.0. The molecule has 0 radical (unpaired) electrons. The molecule has 4 heteroatoms. The first kappa shape index (κ1) is 17.3. The van der Waals surface area contributed by atoms with Crippen molar-refractivity contribution in [3.63, 3.8) is 0 Å². The number of benzene rings is 1. The number of likely N-dealkylation sites (N-methyl/N-ethyl adjacent to an activating group) is 1. The molecule has 1 aromatic rings. The number of nitrogens with zero attached hydrogens (tertiary/aromatic N) is 1. The minimum absolute atomic E-state index is 0.175. The number of hydrogen-bond acceptors (Lipinski definition) is 4. The van der Waals surface area contributed by atoms with E-state index in [0.717, 1.165) is 42.7 Å². The Morgan fingerprint density at radius 3 is 2.77 bits per heavy atom. The highest BCUT2D eigenvalue weighted by atomic mass is 16.5. The molecule has 0 heterocycles. The van der Waals surface area contributed by atoms with Gasteiger partial charge in [-0.1, -0.05) is 18.6 Å². The van der Waals surface area contributed by atoms with Crippen molar-refractivity contribution in [2.24, 2.45) is 5.92 Å². The van der Waals surface area contributed by atoms with E-state index in [4.69, 9.17) is 4.74 Å². The summed E-state index contributed by atoms with van der Waals surface area (Å²) in [5.74, 6) is 1.19. The minimum Gasteiger partial charge on any atom is -0.491 e. The van der Waals surface area contributed by atoms with E-state index in [9.17, 15) is 10.2 Å². The number of aliphatic hydroxyl groups is 2. The van der Waals surface area contributed by atoms with E-state index >= 15 is 0 Å². The van der Waals surface area contributed by atoms with Crippen molar-refractivity contribution < 1.29 is 14.9 Å². The molecule has 3 unspecified atom stereocenters. The lowest BCUT2D eigenvalue weighted by molar-refractivity contribution is 0.0577. The smallest absolute Gasteiger partial charge is 0.122 e. The molecular weight excluding hydrogens is 278 g/mol. The van der Waals surface area contributed by atoms with Crippen molar-refractivity contribution in [3.8, 4) is 5.75 Å². The second-order valence-electron chi connectivity index (χ2n) is 6.71. The van der Waals surface area contributed by atoms with Gasteiger partial charge in [-0.2, -0.15) is 0 Å². The first-order valence-electron chi connectivity index (χ1n) is 8.20. The van der Waals surface area contributed by atoms with Gasteiger partial charge in [-0.3, -0.25) is 0 Å². The molecule has 1 fully saturated rings. The molecule has 3 atom stereocenters. The van der Waals surface area contributed by atoms with Gasteiger partial charge in [0.1, 0.15) is 18.5 Å². The summed E-state index contributed by atoms with van der Waals surface area (Å²) in [5, 5.41) is 20.0. The molecule has 0 spiro atoms. The number of ether oxygens (including phenoxy) is 1. The van der Waals surface area contributed by atoms with E-state index in [1.165, 1.54) is 0 Å². The molecule has 1 aliphatic rings. The summed E-state index contributed by atoms with van der Waals surface area (Å²) in [5.41, 5.74) is 2.24. The van der Waals surface area contributed by atoms with Crippen LogP contribution < -0.4 is 4.74 Å². The Hall–Kier alpha value is -1.10. The normalized spacial score (nSPS) is 23.0. The summed E-state index contributed by atoms with van der Waals surface area (Å²) in [7, 11) is 1.99. The van der Waals surface area contributed by atoms with Crippen molar-refractivity contribution in [3.05, 3.63) is 29.3 Å². The maximum atomic E-state index is 10.2. The van der Waals surface area contributed by atoms with Crippen molar-refractivity contribution >= 4 is 0 Å². The van der Waals surface area contributed by atoms with Crippen LogP contribution in [0, 0.1) is 19.8 Å². The SMILES string of the molecule is Cc1ccc(C)c(OCC(O)CN(C)CC2CCCC2O)c1. The second kappa shape index (κ2) is 7.95. The van der Waals surface area contributed by atoms with Gasteiger partial charge in [0.2, 0.25) is 0 Å². The van der Waals surface area contributed by atoms with E-state index < -0.39 is 6.10 Å². The maximum absolute atomic E-state index is 10.2. The van der Waals surface area contributed by atoms with Gasteiger partial charge >= 0.3 is 0 Å². The number of hydrogen-bond donors (Lipinski definition) is 2. The summed E-state index contributed by atoms with van der Waals surface area (Å²) < 4.78 is 5.75. The predicted octanol–water partition coefficient (Wildman–Crippen LogP) is 2.14. The third-order valence-electron chi connectivity index (χ3n) is 4.46. The fraction of sp³-hybridized carbons (Fsp3) is 0.667. The van der Waals surface area contributed by atoms with E-state index in [1.807, 2.05) is 33.0 Å². The van der Waals surface area contributed by atoms with Crippen LogP contribution in [0.2, 0.25) is 0 Å². The predicted molar refractivity (Wildman–Crippen MR) is 88.3 cm³/mol. The van der Waals surface area contributed by atoms with Crippen molar-refractivity contribution in [1.29, 1.82) is 0 Å². The van der Waals surface area contributed by atoms with Gasteiger partial charge in [0.25, 0.3) is 0 Å². The molecular formula is C18H29NO3. The molecule has 0 bridgehead atoms. The van der Waals surface area contributed by atoms with Gasteiger partial charge in [0, 0.05) is 13.1 Å². The molecule has 1 aromatic carbocycles. The van der Waals surface area contributed by atoms with E-state index in [2.05, 4.69) is 11.0 Å². The summed E-state index contributed by atoms with van der Waals surface area (Å²) in [6, 6.07) is 6.09. The molecule has 4 nitrogen and oxygen atoms in total. The lowest BCUT2D eigenvalue weighted by Gasteiger charge is -2.25. The molecule has 0 amide bonds. The molecule has 2 rings (SSSR count). The molecule has 0 aromatic heterocycles. The Morgan fingerprint density at radius 2 is 2.09 bits per heavy atom. The van der Waals surface area contributed by atoms with Crippen LogP contribution in [0.3, 0.4) is 0 Å². The Morgan fingerprint density at radius 1 is 1.32 bits per heavy atom. The third-order valence-corrected chi connectivity index (χ3v) is 4.46. The lowest BCUT2D eigenvalue weighted by Crippen LogP contribution is -2.37. The Kier molecular flexibility index (Phi) is 6.24. The van der Waals surface area contributed by atoms with Crippen molar-refractivity contribution in [2.75, 3.05) is 26.7 Å². The molecule has 124 valence electrons. The van der Waals surface area contributed by atoms with Gasteiger partial charge < -0.3 is 19.8 Å². The van der Waals surface area contributed by atoms with Crippen LogP contribution in [0.4, 0.5) is 0 Å². The van der Waals surface area contributed by atoms with Gasteiger partial charge in [0.15, 0.2) is 0 Å². The largest absolute Gasteiger partial charge is 0.491 e.